The number of nitrogens with zero attached hydrogens (tertiary/aromatic N) is 2. The van der Waals surface area contributed by atoms with Crippen molar-refractivity contribution in [2.75, 3.05) is 11.9 Å². The Labute approximate surface area is 207 Å². The Balaban J connectivity index is 1.72. The minimum Gasteiger partial charge on any atom is -0.478 e. The molecular weight excluding hydrogens is 501 g/mol. The Hall–Kier alpha value is -4.35. The number of pyridine rings is 1. The molecule has 0 spiro atoms. The first kappa shape index (κ1) is 25.7. The Morgan fingerprint density at radius 3 is 2.41 bits per heavy atom. The van der Waals surface area contributed by atoms with Crippen LogP contribution in [-0.4, -0.2) is 39.8 Å². The van der Waals surface area contributed by atoms with Crippen LogP contribution in [0.1, 0.15) is 22.3 Å². The molecule has 2 heterocycles. The number of carboxylic acid groups (broad SMARTS) is 1. The normalized spacial score (nSPS) is 11.6. The number of halogens is 5. The summed E-state index contributed by atoms with van der Waals surface area (Å²) in [6, 6.07) is 11.6. The fourth-order valence-corrected chi connectivity index (χ4v) is 3.69. The number of anilines is 1. The zero-order chi connectivity index (χ0) is 26.7. The van der Waals surface area contributed by atoms with Crippen LogP contribution in [0.5, 0.6) is 17.2 Å². The maximum absolute atomic E-state index is 12.7. The Morgan fingerprint density at radius 2 is 1.78 bits per heavy atom. The molecule has 0 amide bonds. The number of imidazole rings is 1. The second kappa shape index (κ2) is 10.3. The average Bonchev–Trinajstić information content (AvgIpc) is 3.23. The number of fused-ring (bicyclic) bond motifs is 1. The summed E-state index contributed by atoms with van der Waals surface area (Å²) >= 11 is 0. The lowest BCUT2D eigenvalue weighted by Crippen LogP contribution is -2.15. The second-order valence-corrected chi connectivity index (χ2v) is 8.01. The number of ether oxygens (including phenoxy) is 2. The Kier molecular flexibility index (Phi) is 7.18. The Morgan fingerprint density at radius 1 is 1.08 bits per heavy atom. The van der Waals surface area contributed by atoms with E-state index in [4.69, 9.17) is 4.74 Å². The van der Waals surface area contributed by atoms with Gasteiger partial charge in [-0.2, -0.15) is 22.0 Å². The highest BCUT2D eigenvalue weighted by Gasteiger charge is 2.26. The van der Waals surface area contributed by atoms with Crippen LogP contribution in [0.2, 0.25) is 0 Å². The number of carbonyl (C=O) groups is 1. The van der Waals surface area contributed by atoms with Crippen molar-refractivity contribution in [3.63, 3.8) is 0 Å². The number of carboxylic acids is 1. The molecule has 0 aliphatic heterocycles. The van der Waals surface area contributed by atoms with Gasteiger partial charge in [-0.3, -0.25) is 4.40 Å². The third-order valence-electron chi connectivity index (χ3n) is 5.34. The lowest BCUT2D eigenvalue weighted by molar-refractivity contribution is -0.131. The van der Waals surface area contributed by atoms with Crippen molar-refractivity contribution in [3.8, 4) is 28.5 Å². The molecule has 12 heteroatoms. The number of alkyl halides is 5. The summed E-state index contributed by atoms with van der Waals surface area (Å²) in [7, 11) is 0. The molecule has 194 valence electrons. The van der Waals surface area contributed by atoms with Gasteiger partial charge in [0.2, 0.25) is 0 Å². The van der Waals surface area contributed by atoms with Gasteiger partial charge < -0.3 is 19.9 Å². The van der Waals surface area contributed by atoms with Crippen LogP contribution in [0.4, 0.5) is 27.6 Å². The molecule has 2 aromatic heterocycles. The maximum atomic E-state index is 12.7. The van der Waals surface area contributed by atoms with Gasteiger partial charge >= 0.3 is 18.8 Å². The molecule has 2 N–H and O–H groups in total. The highest BCUT2D eigenvalue weighted by atomic mass is 19.4. The maximum Gasteiger partial charge on any atom is 0.390 e. The molecule has 0 atom stereocenters. The van der Waals surface area contributed by atoms with E-state index in [1.807, 2.05) is 0 Å². The number of hydrogen-bond donors (Lipinski definition) is 2. The van der Waals surface area contributed by atoms with Crippen LogP contribution in [0.3, 0.4) is 0 Å². The van der Waals surface area contributed by atoms with E-state index in [0.29, 0.717) is 22.5 Å². The number of aromatic carboxylic acids is 1. The van der Waals surface area contributed by atoms with Gasteiger partial charge in [-0.05, 0) is 48.9 Å². The first-order chi connectivity index (χ1) is 17.5. The van der Waals surface area contributed by atoms with Gasteiger partial charge in [-0.1, -0.05) is 6.07 Å². The van der Waals surface area contributed by atoms with E-state index in [-0.39, 0.29) is 28.5 Å². The predicted molar refractivity (Wildman–Crippen MR) is 125 cm³/mol. The van der Waals surface area contributed by atoms with Crippen molar-refractivity contribution in [2.45, 2.75) is 26.1 Å². The summed E-state index contributed by atoms with van der Waals surface area (Å²) in [5, 5.41) is 12.0. The standard InChI is InChI=1S/C25H20F5N3O4/c1-14-10-15(2-7-19(14)23(34)35)21-12-32-22-20(31-9-8-25(28,29)30)11-18(13-33(21)22)36-16-3-5-17(6-4-16)37-24(26)27/h2-7,10-13,24,31H,8-9H2,1H3,(H,34,35). The second-order valence-electron chi connectivity index (χ2n) is 8.01. The van der Waals surface area contributed by atoms with Crippen LogP contribution in [0.25, 0.3) is 16.9 Å². The summed E-state index contributed by atoms with van der Waals surface area (Å²) in [5.41, 5.74) is 2.41. The molecule has 0 aliphatic carbocycles. The number of aryl methyl sites for hydroxylation is 1. The number of aromatic nitrogens is 2. The van der Waals surface area contributed by atoms with Gasteiger partial charge in [-0.15, -0.1) is 0 Å². The minimum atomic E-state index is -4.36. The fourth-order valence-electron chi connectivity index (χ4n) is 3.69. The van der Waals surface area contributed by atoms with Crippen LogP contribution in [0.15, 0.2) is 60.9 Å². The van der Waals surface area contributed by atoms with Gasteiger partial charge in [0, 0.05) is 18.2 Å². The minimum absolute atomic E-state index is 0.0654. The molecule has 0 unspecified atom stereocenters. The van der Waals surface area contributed by atoms with Crippen LogP contribution < -0.4 is 14.8 Å². The average molecular weight is 521 g/mol. The molecule has 0 bridgehead atoms. The van der Waals surface area contributed by atoms with Gasteiger partial charge in [0.05, 0.1) is 35.8 Å². The van der Waals surface area contributed by atoms with Crippen molar-refractivity contribution in [3.05, 3.63) is 72.1 Å². The summed E-state index contributed by atoms with van der Waals surface area (Å²) in [6.45, 7) is -1.74. The van der Waals surface area contributed by atoms with E-state index in [1.54, 1.807) is 29.7 Å². The van der Waals surface area contributed by atoms with Crippen LogP contribution in [-0.2, 0) is 0 Å². The molecular formula is C25H20F5N3O4. The molecule has 0 saturated carbocycles. The van der Waals surface area contributed by atoms with Gasteiger partial charge in [-0.25, -0.2) is 9.78 Å². The van der Waals surface area contributed by atoms with E-state index in [9.17, 15) is 31.9 Å². The summed E-state index contributed by atoms with van der Waals surface area (Å²) < 4.78 is 74.7. The van der Waals surface area contributed by atoms with Gasteiger partial charge in [0.25, 0.3) is 0 Å². The monoisotopic (exact) mass is 521 g/mol. The first-order valence-corrected chi connectivity index (χ1v) is 10.9. The van der Waals surface area contributed by atoms with E-state index < -0.39 is 31.7 Å². The van der Waals surface area contributed by atoms with Crippen molar-refractivity contribution in [1.29, 1.82) is 0 Å². The summed E-state index contributed by atoms with van der Waals surface area (Å²) in [5.74, 6) is -0.642. The number of nitrogens with one attached hydrogen (secondary N) is 1. The molecule has 4 rings (SSSR count). The quantitative estimate of drug-likeness (QED) is 0.237. The van der Waals surface area contributed by atoms with Crippen molar-refractivity contribution < 1.29 is 41.3 Å². The first-order valence-electron chi connectivity index (χ1n) is 10.9. The number of hydrogen-bond acceptors (Lipinski definition) is 5. The van der Waals surface area contributed by atoms with Crippen molar-refractivity contribution in [1.82, 2.24) is 9.38 Å². The predicted octanol–water partition coefficient (Wildman–Crippen LogP) is 6.77. The van der Waals surface area contributed by atoms with E-state index >= 15 is 0 Å². The lowest BCUT2D eigenvalue weighted by atomic mass is 10.0. The smallest absolute Gasteiger partial charge is 0.390 e. The van der Waals surface area contributed by atoms with Gasteiger partial charge in [0.15, 0.2) is 5.65 Å². The molecule has 7 nitrogen and oxygen atoms in total. The highest BCUT2D eigenvalue weighted by Crippen LogP contribution is 2.33. The molecule has 0 fully saturated rings. The fraction of sp³-hybridized carbons (Fsp3) is 0.200. The zero-order valence-corrected chi connectivity index (χ0v) is 19.2. The summed E-state index contributed by atoms with van der Waals surface area (Å²) in [4.78, 5) is 15.7. The SMILES string of the molecule is Cc1cc(-c2cnc3c(NCCC(F)(F)F)cc(Oc4ccc(OC(F)F)cc4)cn23)ccc1C(=O)O. The molecule has 4 aromatic rings. The molecule has 37 heavy (non-hydrogen) atoms. The van der Waals surface area contributed by atoms with E-state index in [2.05, 4.69) is 15.0 Å². The largest absolute Gasteiger partial charge is 0.478 e. The van der Waals surface area contributed by atoms with Crippen molar-refractivity contribution in [2.24, 2.45) is 0 Å². The highest BCUT2D eigenvalue weighted by molar-refractivity contribution is 5.90. The molecule has 0 saturated heterocycles. The van der Waals surface area contributed by atoms with Crippen LogP contribution >= 0.6 is 0 Å². The number of rotatable bonds is 9. The number of benzene rings is 2. The third kappa shape index (κ3) is 6.26. The Bertz CT molecular complexity index is 1420. The molecule has 2 aromatic carbocycles. The molecule has 0 radical (unpaired) electrons. The summed E-state index contributed by atoms with van der Waals surface area (Å²) in [6.07, 6.45) is -2.35. The van der Waals surface area contributed by atoms with Gasteiger partial charge in [0.1, 0.15) is 17.2 Å². The van der Waals surface area contributed by atoms with Crippen molar-refractivity contribution >= 4 is 17.3 Å². The van der Waals surface area contributed by atoms with E-state index in [1.165, 1.54) is 42.6 Å². The lowest BCUT2D eigenvalue weighted by Gasteiger charge is -2.14. The third-order valence-corrected chi connectivity index (χ3v) is 5.34. The van der Waals surface area contributed by atoms with Crippen LogP contribution in [0, 0.1) is 6.92 Å². The van der Waals surface area contributed by atoms with E-state index in [0.717, 1.165) is 0 Å². The topological polar surface area (TPSA) is 85.1 Å². The molecule has 0 aliphatic rings. The zero-order valence-electron chi connectivity index (χ0n) is 19.2.